The van der Waals surface area contributed by atoms with Crippen LogP contribution in [0.3, 0.4) is 0 Å². The molecule has 0 bridgehead atoms. The van der Waals surface area contributed by atoms with Gasteiger partial charge in [-0.2, -0.15) is 4.98 Å². The molecule has 0 spiro atoms. The van der Waals surface area contributed by atoms with E-state index in [0.29, 0.717) is 5.65 Å². The van der Waals surface area contributed by atoms with E-state index in [2.05, 4.69) is 10.1 Å². The lowest BCUT2D eigenvalue weighted by atomic mass is 10.3. The van der Waals surface area contributed by atoms with Crippen LogP contribution in [0.5, 0.6) is 0 Å². The van der Waals surface area contributed by atoms with Gasteiger partial charge in [0.05, 0.1) is 10.6 Å². The summed E-state index contributed by atoms with van der Waals surface area (Å²) < 4.78 is 1.24. The van der Waals surface area contributed by atoms with Gasteiger partial charge in [-0.1, -0.05) is 11.6 Å². The van der Waals surface area contributed by atoms with Crippen LogP contribution in [0.25, 0.3) is 5.65 Å². The highest BCUT2D eigenvalue weighted by Crippen LogP contribution is 2.17. The summed E-state index contributed by atoms with van der Waals surface area (Å²) in [5.74, 6) is -1.03. The van der Waals surface area contributed by atoms with Crippen molar-refractivity contribution in [3.63, 3.8) is 0 Å². The molecule has 7 heteroatoms. The van der Waals surface area contributed by atoms with Gasteiger partial charge in [0, 0.05) is 6.20 Å². The Morgan fingerprint density at radius 3 is 3.00 bits per heavy atom. The Balaban J connectivity index is 2.77. The summed E-state index contributed by atoms with van der Waals surface area (Å²) in [5.41, 5.74) is 5.71. The fourth-order valence-corrected chi connectivity index (χ4v) is 1.33. The van der Waals surface area contributed by atoms with E-state index in [0.717, 1.165) is 0 Å². The van der Waals surface area contributed by atoms with Gasteiger partial charge in [-0.05, 0) is 6.07 Å². The van der Waals surface area contributed by atoms with Gasteiger partial charge in [-0.15, -0.1) is 5.10 Å². The molecule has 2 aromatic heterocycles. The molecule has 0 aliphatic carbocycles. The quantitative estimate of drug-likeness (QED) is 0.724. The van der Waals surface area contributed by atoms with Crippen molar-refractivity contribution in [3.8, 4) is 0 Å². The smallest absolute Gasteiger partial charge is 0.337 e. The van der Waals surface area contributed by atoms with Crippen LogP contribution in [0.2, 0.25) is 5.02 Å². The van der Waals surface area contributed by atoms with Crippen LogP contribution >= 0.6 is 11.6 Å². The Hall–Kier alpha value is -1.82. The van der Waals surface area contributed by atoms with E-state index in [4.69, 9.17) is 22.4 Å². The standard InChI is InChI=1S/C7H5ClN4O2/c8-4-1-3(6(13)14)2-12-5(4)10-7(9)11-12/h1-2H,(H2,9,11)(H,13,14). The number of aromatic carboxylic acids is 1. The number of carbonyl (C=O) groups is 1. The van der Waals surface area contributed by atoms with E-state index in [1.165, 1.54) is 16.8 Å². The van der Waals surface area contributed by atoms with Gasteiger partial charge in [0.25, 0.3) is 0 Å². The lowest BCUT2D eigenvalue weighted by molar-refractivity contribution is 0.0696. The molecule has 0 saturated heterocycles. The topological polar surface area (TPSA) is 93.5 Å². The van der Waals surface area contributed by atoms with Crippen LogP contribution in [0.1, 0.15) is 10.4 Å². The van der Waals surface area contributed by atoms with Crippen molar-refractivity contribution >= 4 is 29.2 Å². The fourth-order valence-electron chi connectivity index (χ4n) is 1.08. The Bertz CT molecular complexity index is 522. The zero-order valence-electron chi connectivity index (χ0n) is 6.81. The number of anilines is 1. The van der Waals surface area contributed by atoms with E-state index >= 15 is 0 Å². The van der Waals surface area contributed by atoms with Gasteiger partial charge >= 0.3 is 5.97 Å². The van der Waals surface area contributed by atoms with Gasteiger partial charge in [0.15, 0.2) is 5.65 Å². The Labute approximate surface area is 82.9 Å². The zero-order valence-corrected chi connectivity index (χ0v) is 7.56. The summed E-state index contributed by atoms with van der Waals surface area (Å²) >= 11 is 5.78. The third-order valence-corrected chi connectivity index (χ3v) is 1.93. The van der Waals surface area contributed by atoms with Gasteiger partial charge < -0.3 is 10.8 Å². The summed E-state index contributed by atoms with van der Waals surface area (Å²) in [4.78, 5) is 14.5. The SMILES string of the molecule is Nc1nc2c(Cl)cc(C(=O)O)cn2n1. The molecule has 72 valence electrons. The minimum Gasteiger partial charge on any atom is -0.478 e. The maximum absolute atomic E-state index is 10.7. The molecule has 0 aliphatic rings. The first kappa shape index (κ1) is 8.76. The minimum absolute atomic E-state index is 0.0346. The van der Waals surface area contributed by atoms with Gasteiger partial charge in [0.2, 0.25) is 5.95 Å². The maximum Gasteiger partial charge on any atom is 0.337 e. The second-order valence-corrected chi connectivity index (χ2v) is 3.03. The number of carboxylic acid groups (broad SMARTS) is 1. The normalized spacial score (nSPS) is 10.6. The van der Waals surface area contributed by atoms with Crippen molar-refractivity contribution in [2.24, 2.45) is 0 Å². The molecule has 0 radical (unpaired) electrons. The van der Waals surface area contributed by atoms with Crippen LogP contribution in [-0.4, -0.2) is 25.7 Å². The lowest BCUT2D eigenvalue weighted by Crippen LogP contribution is -2.00. The summed E-state index contributed by atoms with van der Waals surface area (Å²) in [5, 5.41) is 12.7. The number of halogens is 1. The Morgan fingerprint density at radius 2 is 2.36 bits per heavy atom. The number of nitrogens with zero attached hydrogens (tertiary/aromatic N) is 3. The van der Waals surface area contributed by atoms with Crippen molar-refractivity contribution < 1.29 is 9.90 Å². The molecular formula is C7H5ClN4O2. The molecule has 2 heterocycles. The van der Waals surface area contributed by atoms with E-state index in [9.17, 15) is 4.79 Å². The van der Waals surface area contributed by atoms with Crippen molar-refractivity contribution in [1.29, 1.82) is 0 Å². The monoisotopic (exact) mass is 212 g/mol. The first-order chi connectivity index (χ1) is 6.58. The van der Waals surface area contributed by atoms with Crippen LogP contribution in [0.15, 0.2) is 12.3 Å². The summed E-state index contributed by atoms with van der Waals surface area (Å²) in [6.45, 7) is 0. The Morgan fingerprint density at radius 1 is 1.64 bits per heavy atom. The molecule has 0 saturated carbocycles. The molecule has 3 N–H and O–H groups in total. The number of hydrogen-bond acceptors (Lipinski definition) is 4. The van der Waals surface area contributed by atoms with E-state index < -0.39 is 5.97 Å². The average molecular weight is 213 g/mol. The minimum atomic E-state index is -1.08. The number of carboxylic acids is 1. The van der Waals surface area contributed by atoms with E-state index in [1.54, 1.807) is 0 Å². The number of aromatic nitrogens is 3. The second-order valence-electron chi connectivity index (χ2n) is 2.62. The highest BCUT2D eigenvalue weighted by molar-refractivity contribution is 6.33. The van der Waals surface area contributed by atoms with Crippen molar-refractivity contribution in [2.45, 2.75) is 0 Å². The molecule has 2 rings (SSSR count). The highest BCUT2D eigenvalue weighted by Gasteiger charge is 2.10. The summed E-state index contributed by atoms with van der Waals surface area (Å²) in [7, 11) is 0. The van der Waals surface area contributed by atoms with Crippen LogP contribution in [0.4, 0.5) is 5.95 Å². The largest absolute Gasteiger partial charge is 0.478 e. The first-order valence-electron chi connectivity index (χ1n) is 3.62. The number of pyridine rings is 1. The molecule has 0 unspecified atom stereocenters. The number of nitrogen functional groups attached to an aromatic ring is 1. The molecule has 2 aromatic rings. The lowest BCUT2D eigenvalue weighted by Gasteiger charge is -1.97. The average Bonchev–Trinajstić information content (AvgIpc) is 2.45. The number of nitrogens with two attached hydrogens (primary N) is 1. The molecule has 0 aliphatic heterocycles. The van der Waals surface area contributed by atoms with Crippen molar-refractivity contribution in [2.75, 3.05) is 5.73 Å². The van der Waals surface area contributed by atoms with Gasteiger partial charge in [0.1, 0.15) is 0 Å². The molecule has 0 atom stereocenters. The Kier molecular flexibility index (Phi) is 1.78. The predicted octanol–water partition coefficient (Wildman–Crippen LogP) is 0.663. The van der Waals surface area contributed by atoms with Gasteiger partial charge in [-0.3, -0.25) is 0 Å². The third kappa shape index (κ3) is 1.25. The molecule has 14 heavy (non-hydrogen) atoms. The zero-order chi connectivity index (χ0) is 10.3. The van der Waals surface area contributed by atoms with Crippen molar-refractivity contribution in [3.05, 3.63) is 22.8 Å². The van der Waals surface area contributed by atoms with Gasteiger partial charge in [-0.25, -0.2) is 9.31 Å². The van der Waals surface area contributed by atoms with Crippen LogP contribution in [0, 0.1) is 0 Å². The number of hydrogen-bond donors (Lipinski definition) is 2. The first-order valence-corrected chi connectivity index (χ1v) is 4.00. The van der Waals surface area contributed by atoms with Crippen LogP contribution in [-0.2, 0) is 0 Å². The predicted molar refractivity (Wildman–Crippen MR) is 49.4 cm³/mol. The van der Waals surface area contributed by atoms with E-state index in [1.807, 2.05) is 0 Å². The summed E-state index contributed by atoms with van der Waals surface area (Å²) in [6, 6.07) is 1.30. The molecule has 6 nitrogen and oxygen atoms in total. The maximum atomic E-state index is 10.7. The number of fused-ring (bicyclic) bond motifs is 1. The van der Waals surface area contributed by atoms with E-state index in [-0.39, 0.29) is 16.5 Å². The fraction of sp³-hybridized carbons (Fsp3) is 0. The van der Waals surface area contributed by atoms with Crippen molar-refractivity contribution in [1.82, 2.24) is 14.6 Å². The summed E-state index contributed by atoms with van der Waals surface area (Å²) in [6.07, 6.45) is 1.30. The third-order valence-electron chi connectivity index (χ3n) is 1.65. The molecular weight excluding hydrogens is 208 g/mol. The van der Waals surface area contributed by atoms with Crippen LogP contribution < -0.4 is 5.73 Å². The molecule has 0 amide bonds. The number of rotatable bonds is 1. The molecule has 0 fully saturated rings. The second kappa shape index (κ2) is 2.85. The highest BCUT2D eigenvalue weighted by atomic mass is 35.5. The molecule has 0 aromatic carbocycles.